The summed E-state index contributed by atoms with van der Waals surface area (Å²) in [6.07, 6.45) is 0. The summed E-state index contributed by atoms with van der Waals surface area (Å²) in [5.41, 5.74) is 0. The minimum Gasteiger partial charge on any atom is -0.465 e. The van der Waals surface area contributed by atoms with Crippen molar-refractivity contribution >= 4 is 21.8 Å². The summed E-state index contributed by atoms with van der Waals surface area (Å²) in [5, 5.41) is 0. The molecule has 0 aromatic carbocycles. The van der Waals surface area contributed by atoms with Gasteiger partial charge in [0.25, 0.3) is 0 Å². The van der Waals surface area contributed by atoms with Gasteiger partial charge in [0.1, 0.15) is 5.78 Å². The second-order valence-electron chi connectivity index (χ2n) is 3.51. The second-order valence-corrected chi connectivity index (χ2v) is 5.31. The average molecular weight is 251 g/mol. The van der Waals surface area contributed by atoms with Gasteiger partial charge in [-0.05, 0) is 6.92 Å². The standard InChI is InChI=1S/C9H17NO5S/c1-4-15-9(12)6-16(13,14)10-5-8(11)7(2)3/h7,10H,4-6H2,1-3H3. The fraction of sp³-hybridized carbons (Fsp3) is 0.778. The minimum absolute atomic E-state index is 0.124. The summed E-state index contributed by atoms with van der Waals surface area (Å²) >= 11 is 0. The molecular formula is C9H17NO5S. The van der Waals surface area contributed by atoms with E-state index in [1.807, 2.05) is 0 Å². The van der Waals surface area contributed by atoms with Gasteiger partial charge in [-0.15, -0.1) is 0 Å². The van der Waals surface area contributed by atoms with Crippen molar-refractivity contribution in [3.05, 3.63) is 0 Å². The highest BCUT2D eigenvalue weighted by atomic mass is 32.2. The van der Waals surface area contributed by atoms with E-state index in [9.17, 15) is 18.0 Å². The third-order valence-corrected chi connectivity index (χ3v) is 2.92. The fourth-order valence-corrected chi connectivity index (χ4v) is 1.65. The SMILES string of the molecule is CCOC(=O)CS(=O)(=O)NCC(=O)C(C)C. The maximum Gasteiger partial charge on any atom is 0.322 e. The van der Waals surface area contributed by atoms with Crippen LogP contribution >= 0.6 is 0 Å². The van der Waals surface area contributed by atoms with Crippen molar-refractivity contribution in [2.45, 2.75) is 20.8 Å². The molecule has 1 N–H and O–H groups in total. The summed E-state index contributed by atoms with van der Waals surface area (Å²) in [7, 11) is -3.78. The maximum atomic E-state index is 11.3. The zero-order chi connectivity index (χ0) is 12.8. The lowest BCUT2D eigenvalue weighted by Gasteiger charge is -2.07. The molecule has 0 aromatic rings. The van der Waals surface area contributed by atoms with Crippen molar-refractivity contribution in [3.8, 4) is 0 Å². The van der Waals surface area contributed by atoms with Gasteiger partial charge in [-0.25, -0.2) is 13.1 Å². The number of ether oxygens (including phenoxy) is 1. The molecule has 0 fully saturated rings. The van der Waals surface area contributed by atoms with Crippen LogP contribution in [0.2, 0.25) is 0 Å². The second kappa shape index (κ2) is 6.59. The summed E-state index contributed by atoms with van der Waals surface area (Å²) in [4.78, 5) is 22.1. The van der Waals surface area contributed by atoms with Gasteiger partial charge in [-0.2, -0.15) is 0 Å². The lowest BCUT2D eigenvalue weighted by Crippen LogP contribution is -2.35. The quantitative estimate of drug-likeness (QED) is 0.627. The Morgan fingerprint density at radius 3 is 2.31 bits per heavy atom. The molecule has 0 aromatic heterocycles. The van der Waals surface area contributed by atoms with Crippen LogP contribution in [-0.4, -0.2) is 39.1 Å². The van der Waals surface area contributed by atoms with Crippen molar-refractivity contribution in [2.75, 3.05) is 18.9 Å². The van der Waals surface area contributed by atoms with Gasteiger partial charge in [0.2, 0.25) is 10.0 Å². The number of hydrogen-bond acceptors (Lipinski definition) is 5. The van der Waals surface area contributed by atoms with Crippen molar-refractivity contribution in [1.29, 1.82) is 0 Å². The third-order valence-electron chi connectivity index (χ3n) is 1.72. The third kappa shape index (κ3) is 6.52. The van der Waals surface area contributed by atoms with Gasteiger partial charge >= 0.3 is 5.97 Å². The molecule has 94 valence electrons. The van der Waals surface area contributed by atoms with Crippen molar-refractivity contribution in [2.24, 2.45) is 5.92 Å². The summed E-state index contributed by atoms with van der Waals surface area (Å²) in [6.45, 7) is 4.75. The lowest BCUT2D eigenvalue weighted by molar-refractivity contribution is -0.140. The Kier molecular flexibility index (Phi) is 6.20. The molecule has 7 heteroatoms. The van der Waals surface area contributed by atoms with E-state index in [2.05, 4.69) is 9.46 Å². The van der Waals surface area contributed by atoms with E-state index in [0.717, 1.165) is 0 Å². The number of carbonyl (C=O) groups is 2. The lowest BCUT2D eigenvalue weighted by atomic mass is 10.1. The van der Waals surface area contributed by atoms with Crippen LogP contribution in [0.3, 0.4) is 0 Å². The van der Waals surface area contributed by atoms with Crippen LogP contribution in [0.5, 0.6) is 0 Å². The normalized spacial score (nSPS) is 11.5. The molecule has 0 bridgehead atoms. The van der Waals surface area contributed by atoms with E-state index in [0.29, 0.717) is 0 Å². The predicted molar refractivity (Wildman–Crippen MR) is 58.3 cm³/mol. The first-order valence-corrected chi connectivity index (χ1v) is 6.59. The van der Waals surface area contributed by atoms with Crippen LogP contribution in [0.15, 0.2) is 0 Å². The number of hydrogen-bond donors (Lipinski definition) is 1. The van der Waals surface area contributed by atoms with Crippen molar-refractivity contribution < 1.29 is 22.7 Å². The van der Waals surface area contributed by atoms with E-state index >= 15 is 0 Å². The van der Waals surface area contributed by atoms with E-state index in [1.165, 1.54) is 0 Å². The van der Waals surface area contributed by atoms with Crippen LogP contribution in [0.25, 0.3) is 0 Å². The monoisotopic (exact) mass is 251 g/mol. The van der Waals surface area contributed by atoms with Gasteiger partial charge in [0.05, 0.1) is 13.2 Å². The molecule has 0 aliphatic carbocycles. The Labute approximate surface area is 95.4 Å². The summed E-state index contributed by atoms with van der Waals surface area (Å²) in [6, 6.07) is 0. The van der Waals surface area contributed by atoms with Gasteiger partial charge in [-0.1, -0.05) is 13.8 Å². The Morgan fingerprint density at radius 1 is 1.31 bits per heavy atom. The average Bonchev–Trinajstić information content (AvgIpc) is 2.13. The molecule has 0 radical (unpaired) electrons. The molecule has 0 saturated carbocycles. The Balaban J connectivity index is 4.16. The van der Waals surface area contributed by atoms with Gasteiger partial charge < -0.3 is 4.74 Å². The highest BCUT2D eigenvalue weighted by Gasteiger charge is 2.18. The molecule has 0 atom stereocenters. The van der Waals surface area contributed by atoms with Crippen molar-refractivity contribution in [1.82, 2.24) is 4.72 Å². The molecule has 0 unspecified atom stereocenters. The van der Waals surface area contributed by atoms with Crippen LogP contribution in [0.4, 0.5) is 0 Å². The van der Waals surface area contributed by atoms with Crippen molar-refractivity contribution in [3.63, 3.8) is 0 Å². The highest BCUT2D eigenvalue weighted by Crippen LogP contribution is 1.94. The van der Waals surface area contributed by atoms with E-state index in [-0.39, 0.29) is 24.9 Å². The number of sulfonamides is 1. The Morgan fingerprint density at radius 2 is 1.88 bits per heavy atom. The minimum atomic E-state index is -3.78. The Hall–Kier alpha value is -0.950. The first-order chi connectivity index (χ1) is 7.28. The first kappa shape index (κ1) is 15.0. The number of nitrogens with one attached hydrogen (secondary N) is 1. The van der Waals surface area contributed by atoms with E-state index < -0.39 is 21.7 Å². The highest BCUT2D eigenvalue weighted by molar-refractivity contribution is 7.90. The molecule has 6 nitrogen and oxygen atoms in total. The molecular weight excluding hydrogens is 234 g/mol. The summed E-state index contributed by atoms with van der Waals surface area (Å²) in [5.74, 6) is -2.06. The van der Waals surface area contributed by atoms with Gasteiger partial charge in [0, 0.05) is 5.92 Å². The molecule has 0 aliphatic rings. The summed E-state index contributed by atoms with van der Waals surface area (Å²) < 4.78 is 29.1. The molecule has 0 rings (SSSR count). The molecule has 0 amide bonds. The van der Waals surface area contributed by atoms with E-state index in [4.69, 9.17) is 0 Å². The fourth-order valence-electron chi connectivity index (χ4n) is 0.794. The number of ketones is 1. The van der Waals surface area contributed by atoms with Gasteiger partial charge in [-0.3, -0.25) is 9.59 Å². The number of rotatable bonds is 7. The molecule has 0 heterocycles. The molecule has 16 heavy (non-hydrogen) atoms. The molecule has 0 spiro atoms. The zero-order valence-corrected chi connectivity index (χ0v) is 10.5. The smallest absolute Gasteiger partial charge is 0.322 e. The van der Waals surface area contributed by atoms with Crippen LogP contribution < -0.4 is 4.72 Å². The van der Waals surface area contributed by atoms with Gasteiger partial charge in [0.15, 0.2) is 5.75 Å². The van der Waals surface area contributed by atoms with Crippen LogP contribution in [0, 0.1) is 5.92 Å². The zero-order valence-electron chi connectivity index (χ0n) is 9.65. The number of esters is 1. The number of carbonyl (C=O) groups excluding carboxylic acids is 2. The Bertz CT molecular complexity index is 347. The maximum absolute atomic E-state index is 11.3. The van der Waals surface area contributed by atoms with Crippen LogP contribution in [-0.2, 0) is 24.3 Å². The number of Topliss-reactive ketones (excluding diaryl/α,β-unsaturated/α-hetero) is 1. The molecule has 0 saturated heterocycles. The van der Waals surface area contributed by atoms with Crippen LogP contribution in [0.1, 0.15) is 20.8 Å². The van der Waals surface area contributed by atoms with E-state index in [1.54, 1.807) is 20.8 Å². The topological polar surface area (TPSA) is 89.5 Å². The predicted octanol–water partition coefficient (Wildman–Crippen LogP) is -0.306. The molecule has 0 aliphatic heterocycles. The largest absolute Gasteiger partial charge is 0.465 e. The first-order valence-electron chi connectivity index (χ1n) is 4.94.